The van der Waals surface area contributed by atoms with E-state index in [9.17, 15) is 9.59 Å². The predicted molar refractivity (Wildman–Crippen MR) is 71.1 cm³/mol. The lowest BCUT2D eigenvalue weighted by atomic mass is 10.1. The van der Waals surface area contributed by atoms with Gasteiger partial charge in [-0.05, 0) is 36.8 Å². The molecule has 1 aromatic carbocycles. The summed E-state index contributed by atoms with van der Waals surface area (Å²) in [5.41, 5.74) is 1.42. The molecule has 0 atom stereocenters. The normalized spacial score (nSPS) is 10.1. The van der Waals surface area contributed by atoms with Crippen molar-refractivity contribution in [2.24, 2.45) is 0 Å². The average molecular weight is 260 g/mol. The van der Waals surface area contributed by atoms with Crippen LogP contribution in [-0.4, -0.2) is 18.9 Å². The topological polar surface area (TPSA) is 43.4 Å². The van der Waals surface area contributed by atoms with Crippen molar-refractivity contribution in [3.8, 4) is 10.4 Å². The molecule has 0 bridgehead atoms. The number of hydrogen-bond acceptors (Lipinski definition) is 4. The average Bonchev–Trinajstić information content (AvgIpc) is 2.88. The SMILES string of the molecule is COC(=O)c1cccc(-c2ccc(C(C)=O)s2)c1. The maximum Gasteiger partial charge on any atom is 0.337 e. The third-order valence-electron chi connectivity index (χ3n) is 2.52. The molecule has 0 saturated heterocycles. The number of Topliss-reactive ketones (excluding diaryl/α,β-unsaturated/α-hetero) is 1. The highest BCUT2D eigenvalue weighted by molar-refractivity contribution is 7.17. The van der Waals surface area contributed by atoms with Crippen LogP contribution in [0, 0.1) is 0 Å². The van der Waals surface area contributed by atoms with Gasteiger partial charge in [0, 0.05) is 4.88 Å². The van der Waals surface area contributed by atoms with Crippen molar-refractivity contribution in [1.82, 2.24) is 0 Å². The highest BCUT2D eigenvalue weighted by Crippen LogP contribution is 2.29. The van der Waals surface area contributed by atoms with Crippen molar-refractivity contribution < 1.29 is 14.3 Å². The molecule has 18 heavy (non-hydrogen) atoms. The summed E-state index contributed by atoms with van der Waals surface area (Å²) in [6.45, 7) is 1.54. The molecule has 2 rings (SSSR count). The fourth-order valence-electron chi connectivity index (χ4n) is 1.60. The minimum Gasteiger partial charge on any atom is -0.465 e. The Morgan fingerprint density at radius 2 is 1.94 bits per heavy atom. The second-order valence-corrected chi connectivity index (χ2v) is 4.88. The minimum atomic E-state index is -0.361. The molecule has 0 amide bonds. The zero-order valence-electron chi connectivity index (χ0n) is 10.1. The van der Waals surface area contributed by atoms with Gasteiger partial charge >= 0.3 is 5.97 Å². The number of carbonyl (C=O) groups excluding carboxylic acids is 2. The Bertz CT molecular complexity index is 599. The third kappa shape index (κ3) is 2.49. The Morgan fingerprint density at radius 3 is 2.56 bits per heavy atom. The second-order valence-electron chi connectivity index (χ2n) is 3.79. The quantitative estimate of drug-likeness (QED) is 0.627. The van der Waals surface area contributed by atoms with Crippen LogP contribution in [0.3, 0.4) is 0 Å². The molecule has 2 aromatic rings. The summed E-state index contributed by atoms with van der Waals surface area (Å²) in [5, 5.41) is 0. The molecular weight excluding hydrogens is 248 g/mol. The van der Waals surface area contributed by atoms with Crippen LogP contribution < -0.4 is 0 Å². The molecule has 0 fully saturated rings. The zero-order valence-corrected chi connectivity index (χ0v) is 10.9. The van der Waals surface area contributed by atoms with Gasteiger partial charge in [0.2, 0.25) is 0 Å². The van der Waals surface area contributed by atoms with Crippen LogP contribution in [0.5, 0.6) is 0 Å². The Morgan fingerprint density at radius 1 is 1.17 bits per heavy atom. The van der Waals surface area contributed by atoms with E-state index >= 15 is 0 Å². The summed E-state index contributed by atoms with van der Waals surface area (Å²) in [4.78, 5) is 24.4. The van der Waals surface area contributed by atoms with E-state index in [1.54, 1.807) is 31.2 Å². The first kappa shape index (κ1) is 12.5. The summed E-state index contributed by atoms with van der Waals surface area (Å²) in [6, 6.07) is 10.9. The fraction of sp³-hybridized carbons (Fsp3) is 0.143. The highest BCUT2D eigenvalue weighted by atomic mass is 32.1. The van der Waals surface area contributed by atoms with Crippen LogP contribution in [0.25, 0.3) is 10.4 Å². The Balaban J connectivity index is 2.38. The maximum absolute atomic E-state index is 11.4. The first-order valence-electron chi connectivity index (χ1n) is 5.41. The van der Waals surface area contributed by atoms with Crippen molar-refractivity contribution >= 4 is 23.1 Å². The van der Waals surface area contributed by atoms with Crippen LogP contribution in [0.4, 0.5) is 0 Å². The Kier molecular flexibility index (Phi) is 3.58. The zero-order chi connectivity index (χ0) is 13.1. The van der Waals surface area contributed by atoms with Gasteiger partial charge in [0.05, 0.1) is 17.6 Å². The molecule has 0 saturated carbocycles. The predicted octanol–water partition coefficient (Wildman–Crippen LogP) is 3.40. The molecule has 1 aromatic heterocycles. The molecule has 0 N–H and O–H groups in total. The molecular formula is C14H12O3S. The smallest absolute Gasteiger partial charge is 0.337 e. The molecule has 0 unspecified atom stereocenters. The largest absolute Gasteiger partial charge is 0.465 e. The molecule has 3 nitrogen and oxygen atoms in total. The van der Waals surface area contributed by atoms with Crippen molar-refractivity contribution in [1.29, 1.82) is 0 Å². The van der Waals surface area contributed by atoms with Gasteiger partial charge < -0.3 is 4.74 Å². The number of ketones is 1. The van der Waals surface area contributed by atoms with E-state index in [0.29, 0.717) is 10.4 Å². The second kappa shape index (κ2) is 5.14. The van der Waals surface area contributed by atoms with Crippen LogP contribution in [-0.2, 0) is 4.74 Å². The lowest BCUT2D eigenvalue weighted by Gasteiger charge is -2.01. The van der Waals surface area contributed by atoms with Crippen molar-refractivity contribution in [3.63, 3.8) is 0 Å². The number of benzene rings is 1. The highest BCUT2D eigenvalue weighted by Gasteiger charge is 2.09. The van der Waals surface area contributed by atoms with Gasteiger partial charge in [-0.2, -0.15) is 0 Å². The van der Waals surface area contributed by atoms with Gasteiger partial charge in [-0.15, -0.1) is 11.3 Å². The standard InChI is InChI=1S/C14H12O3S/c1-9(15)12-6-7-13(18-12)10-4-3-5-11(8-10)14(16)17-2/h3-8H,1-2H3. The van der Waals surface area contributed by atoms with E-state index < -0.39 is 0 Å². The van der Waals surface area contributed by atoms with E-state index in [0.717, 1.165) is 10.4 Å². The van der Waals surface area contributed by atoms with Crippen molar-refractivity contribution in [2.45, 2.75) is 6.92 Å². The van der Waals surface area contributed by atoms with E-state index in [-0.39, 0.29) is 11.8 Å². The molecule has 0 aliphatic carbocycles. The first-order chi connectivity index (χ1) is 8.61. The molecule has 1 heterocycles. The molecule has 4 heteroatoms. The maximum atomic E-state index is 11.4. The van der Waals surface area contributed by atoms with Crippen LogP contribution in [0.15, 0.2) is 36.4 Å². The number of thiophene rings is 1. The monoisotopic (exact) mass is 260 g/mol. The van der Waals surface area contributed by atoms with Gasteiger partial charge in [0.25, 0.3) is 0 Å². The van der Waals surface area contributed by atoms with Gasteiger partial charge in [-0.3, -0.25) is 4.79 Å². The number of methoxy groups -OCH3 is 1. The van der Waals surface area contributed by atoms with Crippen LogP contribution >= 0.6 is 11.3 Å². The Labute approximate surface area is 109 Å². The summed E-state index contributed by atoms with van der Waals surface area (Å²) < 4.78 is 4.68. The van der Waals surface area contributed by atoms with Crippen molar-refractivity contribution in [3.05, 3.63) is 46.8 Å². The number of esters is 1. The molecule has 0 spiro atoms. The van der Waals surface area contributed by atoms with Gasteiger partial charge in [-0.1, -0.05) is 12.1 Å². The Hall–Kier alpha value is -1.94. The summed E-state index contributed by atoms with van der Waals surface area (Å²) in [5.74, 6) is -0.310. The van der Waals surface area contributed by atoms with Gasteiger partial charge in [0.1, 0.15) is 0 Å². The third-order valence-corrected chi connectivity index (χ3v) is 3.76. The molecule has 92 valence electrons. The molecule has 0 aliphatic heterocycles. The van der Waals surface area contributed by atoms with Crippen LogP contribution in [0.1, 0.15) is 27.0 Å². The lowest BCUT2D eigenvalue weighted by Crippen LogP contribution is -2.00. The first-order valence-corrected chi connectivity index (χ1v) is 6.23. The summed E-state index contributed by atoms with van der Waals surface area (Å²) >= 11 is 1.42. The number of ether oxygens (including phenoxy) is 1. The van der Waals surface area contributed by atoms with Crippen LogP contribution in [0.2, 0.25) is 0 Å². The number of carbonyl (C=O) groups is 2. The summed E-state index contributed by atoms with van der Waals surface area (Å²) in [7, 11) is 1.36. The van der Waals surface area contributed by atoms with E-state index in [2.05, 4.69) is 4.74 Å². The fourth-order valence-corrected chi connectivity index (χ4v) is 2.50. The van der Waals surface area contributed by atoms with Gasteiger partial charge in [0.15, 0.2) is 5.78 Å². The number of rotatable bonds is 3. The van der Waals surface area contributed by atoms with E-state index in [4.69, 9.17) is 0 Å². The summed E-state index contributed by atoms with van der Waals surface area (Å²) in [6.07, 6.45) is 0. The molecule has 0 aliphatic rings. The minimum absolute atomic E-state index is 0.0513. The lowest BCUT2D eigenvalue weighted by molar-refractivity contribution is 0.0600. The van der Waals surface area contributed by atoms with E-state index in [1.807, 2.05) is 12.1 Å². The number of hydrogen-bond donors (Lipinski definition) is 0. The van der Waals surface area contributed by atoms with Gasteiger partial charge in [-0.25, -0.2) is 4.79 Å². The molecule has 0 radical (unpaired) electrons. The van der Waals surface area contributed by atoms with E-state index in [1.165, 1.54) is 18.4 Å². The van der Waals surface area contributed by atoms with Crippen molar-refractivity contribution in [2.75, 3.05) is 7.11 Å².